The van der Waals surface area contributed by atoms with Crippen molar-refractivity contribution in [3.05, 3.63) is 59.0 Å². The van der Waals surface area contributed by atoms with E-state index >= 15 is 0 Å². The van der Waals surface area contributed by atoms with Crippen molar-refractivity contribution in [1.82, 2.24) is 24.7 Å². The molecule has 0 saturated heterocycles. The molecule has 7 heteroatoms. The van der Waals surface area contributed by atoms with Gasteiger partial charge in [0, 0.05) is 28.8 Å². The molecule has 0 saturated carbocycles. The van der Waals surface area contributed by atoms with Gasteiger partial charge in [-0.15, -0.1) is 5.10 Å². The smallest absolute Gasteiger partial charge is 0.253 e. The van der Waals surface area contributed by atoms with Crippen molar-refractivity contribution < 1.29 is 4.52 Å². The number of thioether (sulfide) groups is 1. The number of hydrogen-bond donors (Lipinski definition) is 0. The highest BCUT2D eigenvalue weighted by Crippen LogP contribution is 2.25. The molecule has 0 unspecified atom stereocenters. The van der Waals surface area contributed by atoms with Crippen LogP contribution in [0.1, 0.15) is 22.6 Å². The van der Waals surface area contributed by atoms with Gasteiger partial charge < -0.3 is 4.52 Å². The number of rotatable bonds is 4. The van der Waals surface area contributed by atoms with E-state index in [1.54, 1.807) is 4.52 Å². The van der Waals surface area contributed by atoms with Gasteiger partial charge in [-0.2, -0.15) is 4.98 Å². The molecule has 0 bridgehead atoms. The van der Waals surface area contributed by atoms with E-state index in [0.717, 1.165) is 34.0 Å². The Bertz CT molecular complexity index is 1040. The van der Waals surface area contributed by atoms with Crippen molar-refractivity contribution in [2.75, 3.05) is 0 Å². The molecule has 6 nitrogen and oxygen atoms in total. The van der Waals surface area contributed by atoms with Gasteiger partial charge in [0.15, 0.2) is 5.76 Å². The van der Waals surface area contributed by atoms with Crippen LogP contribution in [-0.2, 0) is 5.75 Å². The van der Waals surface area contributed by atoms with Crippen LogP contribution in [0.3, 0.4) is 0 Å². The first-order valence-corrected chi connectivity index (χ1v) is 8.95. The number of aromatic nitrogens is 5. The zero-order chi connectivity index (χ0) is 17.4. The second-order valence-corrected chi connectivity index (χ2v) is 6.79. The largest absolute Gasteiger partial charge is 0.356 e. The lowest BCUT2D eigenvalue weighted by Gasteiger charge is -2.04. The highest BCUT2D eigenvalue weighted by atomic mass is 32.2. The quantitative estimate of drug-likeness (QED) is 0.518. The molecule has 3 heterocycles. The van der Waals surface area contributed by atoms with Crippen molar-refractivity contribution in [1.29, 1.82) is 0 Å². The maximum Gasteiger partial charge on any atom is 0.253 e. The summed E-state index contributed by atoms with van der Waals surface area (Å²) in [5.41, 5.74) is 5.06. The van der Waals surface area contributed by atoms with Gasteiger partial charge in [-0.05, 0) is 26.3 Å². The zero-order valence-corrected chi connectivity index (χ0v) is 15.0. The summed E-state index contributed by atoms with van der Waals surface area (Å²) in [4.78, 5) is 9.00. The van der Waals surface area contributed by atoms with E-state index in [2.05, 4.69) is 20.2 Å². The first kappa shape index (κ1) is 15.8. The number of hydrogen-bond acceptors (Lipinski definition) is 6. The highest BCUT2D eigenvalue weighted by molar-refractivity contribution is 7.98. The lowest BCUT2D eigenvalue weighted by molar-refractivity contribution is 0.426. The summed E-state index contributed by atoms with van der Waals surface area (Å²) in [5, 5.41) is 9.36. The van der Waals surface area contributed by atoms with Gasteiger partial charge in [0.2, 0.25) is 5.16 Å². The van der Waals surface area contributed by atoms with Crippen molar-refractivity contribution in [2.24, 2.45) is 0 Å². The van der Waals surface area contributed by atoms with Crippen LogP contribution < -0.4 is 0 Å². The minimum Gasteiger partial charge on any atom is -0.356 e. The fourth-order valence-corrected chi connectivity index (χ4v) is 3.25. The maximum absolute atomic E-state index is 5.43. The standard InChI is InChI=1S/C18H17N5OS/c1-11-12(2)19-17-20-18(21-23(17)13(11)3)25-10-15-9-16(24-22-15)14-7-5-4-6-8-14/h4-9H,10H2,1-3H3. The van der Waals surface area contributed by atoms with Crippen LogP contribution in [0.4, 0.5) is 0 Å². The molecule has 0 spiro atoms. The van der Waals surface area contributed by atoms with Gasteiger partial charge in [0.25, 0.3) is 5.78 Å². The van der Waals surface area contributed by atoms with Crippen molar-refractivity contribution in [3.8, 4) is 11.3 Å². The fraction of sp³-hybridized carbons (Fsp3) is 0.222. The van der Waals surface area contributed by atoms with Gasteiger partial charge in [0.05, 0.1) is 5.69 Å². The molecule has 4 aromatic rings. The summed E-state index contributed by atoms with van der Waals surface area (Å²) in [7, 11) is 0. The summed E-state index contributed by atoms with van der Waals surface area (Å²) in [5.74, 6) is 2.04. The summed E-state index contributed by atoms with van der Waals surface area (Å²) in [6.07, 6.45) is 0. The predicted octanol–water partition coefficient (Wildman–Crippen LogP) is 4.00. The molecule has 4 rings (SSSR count). The van der Waals surface area contributed by atoms with Crippen LogP contribution in [0.5, 0.6) is 0 Å². The molecule has 126 valence electrons. The van der Waals surface area contributed by atoms with Gasteiger partial charge in [0.1, 0.15) is 0 Å². The topological polar surface area (TPSA) is 69.1 Å². The average Bonchev–Trinajstić information content (AvgIpc) is 3.26. The molecule has 1 aromatic carbocycles. The normalized spacial score (nSPS) is 11.3. The van der Waals surface area contributed by atoms with Crippen molar-refractivity contribution in [2.45, 2.75) is 31.7 Å². The molecule has 0 atom stereocenters. The average molecular weight is 351 g/mol. The number of benzene rings is 1. The van der Waals surface area contributed by atoms with Gasteiger partial charge >= 0.3 is 0 Å². The van der Waals surface area contributed by atoms with E-state index in [4.69, 9.17) is 4.52 Å². The number of fused-ring (bicyclic) bond motifs is 1. The van der Waals surface area contributed by atoms with Crippen LogP contribution in [0, 0.1) is 20.8 Å². The van der Waals surface area contributed by atoms with E-state index in [-0.39, 0.29) is 0 Å². The van der Waals surface area contributed by atoms with E-state index in [9.17, 15) is 0 Å². The van der Waals surface area contributed by atoms with Crippen LogP contribution in [-0.4, -0.2) is 24.7 Å². The Morgan fingerprint density at radius 3 is 2.68 bits per heavy atom. The predicted molar refractivity (Wildman–Crippen MR) is 96.5 cm³/mol. The van der Waals surface area contributed by atoms with Crippen molar-refractivity contribution in [3.63, 3.8) is 0 Å². The molecule has 0 aliphatic heterocycles. The Morgan fingerprint density at radius 2 is 1.88 bits per heavy atom. The third-order valence-electron chi connectivity index (χ3n) is 4.21. The molecular weight excluding hydrogens is 334 g/mol. The first-order chi connectivity index (χ1) is 12.1. The Kier molecular flexibility index (Phi) is 4.01. The third-order valence-corrected chi connectivity index (χ3v) is 5.08. The second-order valence-electron chi connectivity index (χ2n) is 5.85. The molecule has 0 amide bonds. The number of nitrogens with zero attached hydrogens (tertiary/aromatic N) is 5. The number of aryl methyl sites for hydroxylation is 2. The van der Waals surface area contributed by atoms with E-state index in [1.165, 1.54) is 11.8 Å². The van der Waals surface area contributed by atoms with Crippen LogP contribution in [0.15, 0.2) is 46.1 Å². The van der Waals surface area contributed by atoms with E-state index < -0.39 is 0 Å². The lowest BCUT2D eigenvalue weighted by atomic mass is 10.2. The molecular formula is C18H17N5OS. The van der Waals surface area contributed by atoms with Crippen LogP contribution >= 0.6 is 11.8 Å². The summed E-state index contributed by atoms with van der Waals surface area (Å²) < 4.78 is 7.22. The summed E-state index contributed by atoms with van der Waals surface area (Å²) in [6.45, 7) is 6.07. The molecule has 0 N–H and O–H groups in total. The second kappa shape index (κ2) is 6.33. The van der Waals surface area contributed by atoms with Gasteiger partial charge in [-0.3, -0.25) is 0 Å². The molecule has 3 aromatic heterocycles. The monoisotopic (exact) mass is 351 g/mol. The Morgan fingerprint density at radius 1 is 1.08 bits per heavy atom. The molecule has 0 fully saturated rings. The van der Waals surface area contributed by atoms with Crippen LogP contribution in [0.25, 0.3) is 17.1 Å². The van der Waals surface area contributed by atoms with Gasteiger partial charge in [-0.1, -0.05) is 47.3 Å². The Hall–Kier alpha value is -2.67. The highest BCUT2D eigenvalue weighted by Gasteiger charge is 2.13. The molecule has 25 heavy (non-hydrogen) atoms. The first-order valence-electron chi connectivity index (χ1n) is 7.96. The summed E-state index contributed by atoms with van der Waals surface area (Å²) in [6, 6.07) is 11.9. The SMILES string of the molecule is Cc1nc2nc(SCc3cc(-c4ccccc4)on3)nn2c(C)c1C. The third kappa shape index (κ3) is 3.02. The van der Waals surface area contributed by atoms with E-state index in [1.807, 2.05) is 57.2 Å². The maximum atomic E-state index is 5.43. The minimum atomic E-state index is 0.633. The zero-order valence-electron chi connectivity index (χ0n) is 14.2. The minimum absolute atomic E-state index is 0.633. The van der Waals surface area contributed by atoms with Gasteiger partial charge in [-0.25, -0.2) is 9.50 Å². The molecule has 0 aliphatic rings. The summed E-state index contributed by atoms with van der Waals surface area (Å²) >= 11 is 1.52. The molecule has 0 aliphatic carbocycles. The molecule has 0 radical (unpaired) electrons. The Labute approximate surface area is 149 Å². The van der Waals surface area contributed by atoms with Crippen molar-refractivity contribution >= 4 is 17.5 Å². The van der Waals surface area contributed by atoms with E-state index in [0.29, 0.717) is 16.7 Å². The fourth-order valence-electron chi connectivity index (χ4n) is 2.56. The lowest BCUT2D eigenvalue weighted by Crippen LogP contribution is -2.02. The van der Waals surface area contributed by atoms with Crippen LogP contribution in [0.2, 0.25) is 0 Å². The Balaban J connectivity index is 1.53.